The first-order valence-electron chi connectivity index (χ1n) is 8.34. The average molecular weight is 359 g/mol. The fourth-order valence-electron chi connectivity index (χ4n) is 2.02. The summed E-state index contributed by atoms with van der Waals surface area (Å²) in [7, 11) is -1.76. The second-order valence-corrected chi connectivity index (χ2v) is 12.9. The third-order valence-electron chi connectivity index (χ3n) is 4.74. The molecule has 128 valence electrons. The molecule has 0 N–H and O–H groups in total. The third-order valence-corrected chi connectivity index (χ3v) is 9.57. The molecule has 2 rings (SSSR count). The van der Waals surface area contributed by atoms with Gasteiger partial charge in [-0.05, 0) is 40.9 Å². The van der Waals surface area contributed by atoms with Crippen molar-refractivity contribution in [3.63, 3.8) is 0 Å². The first-order chi connectivity index (χ1) is 11.2. The molecule has 0 aliphatic carbocycles. The van der Waals surface area contributed by atoms with Gasteiger partial charge in [0.25, 0.3) is 0 Å². The Kier molecular flexibility index (Phi) is 6.08. The van der Waals surface area contributed by atoms with Crippen molar-refractivity contribution in [1.29, 1.82) is 0 Å². The van der Waals surface area contributed by atoms with Gasteiger partial charge in [-0.3, -0.25) is 0 Å². The topological polar surface area (TPSA) is 9.23 Å². The largest absolute Gasteiger partial charge is 0.413 e. The van der Waals surface area contributed by atoms with Crippen molar-refractivity contribution in [2.24, 2.45) is 0 Å². The molecule has 24 heavy (non-hydrogen) atoms. The minimum absolute atomic E-state index is 0.206. The standard InChI is InChI=1S/C21H27ClOSi/c1-21(2,3)24(4,5)23-16-19-14-13-18(15-20(19)22)12-11-17-9-7-6-8-10-17/h6-15H,16H2,1-5H3. The van der Waals surface area contributed by atoms with E-state index >= 15 is 0 Å². The molecule has 0 unspecified atom stereocenters. The van der Waals surface area contributed by atoms with Crippen LogP contribution in [0.2, 0.25) is 23.2 Å². The number of hydrogen-bond acceptors (Lipinski definition) is 1. The molecular formula is C21H27ClOSi. The molecule has 0 atom stereocenters. The van der Waals surface area contributed by atoms with Crippen LogP contribution in [0.5, 0.6) is 0 Å². The molecule has 0 aliphatic rings. The van der Waals surface area contributed by atoms with Crippen molar-refractivity contribution in [3.8, 4) is 0 Å². The smallest absolute Gasteiger partial charge is 0.192 e. The van der Waals surface area contributed by atoms with Crippen molar-refractivity contribution in [3.05, 3.63) is 70.2 Å². The van der Waals surface area contributed by atoms with E-state index in [4.69, 9.17) is 16.0 Å². The lowest BCUT2D eigenvalue weighted by Gasteiger charge is -2.36. The van der Waals surface area contributed by atoms with Gasteiger partial charge in [0.1, 0.15) is 0 Å². The van der Waals surface area contributed by atoms with Crippen molar-refractivity contribution < 1.29 is 4.43 Å². The number of halogens is 1. The van der Waals surface area contributed by atoms with Crippen LogP contribution in [0.15, 0.2) is 48.5 Å². The molecule has 2 aromatic carbocycles. The number of rotatable bonds is 5. The first kappa shape index (κ1) is 19.0. The molecule has 2 aromatic rings. The molecule has 1 nitrogen and oxygen atoms in total. The van der Waals surface area contributed by atoms with E-state index in [0.29, 0.717) is 6.61 Å². The first-order valence-corrected chi connectivity index (χ1v) is 11.6. The van der Waals surface area contributed by atoms with E-state index in [9.17, 15) is 0 Å². The van der Waals surface area contributed by atoms with Crippen molar-refractivity contribution in [2.45, 2.75) is 45.5 Å². The summed E-state index contributed by atoms with van der Waals surface area (Å²) in [5.74, 6) is 0. The van der Waals surface area contributed by atoms with Gasteiger partial charge in [0.2, 0.25) is 0 Å². The lowest BCUT2D eigenvalue weighted by molar-refractivity contribution is 0.276. The second-order valence-electron chi connectivity index (χ2n) is 7.64. The van der Waals surface area contributed by atoms with Gasteiger partial charge in [-0.25, -0.2) is 0 Å². The van der Waals surface area contributed by atoms with E-state index in [1.807, 2.05) is 24.3 Å². The zero-order valence-corrected chi connectivity index (χ0v) is 17.0. The normalized spacial score (nSPS) is 12.8. The van der Waals surface area contributed by atoms with Crippen LogP contribution in [-0.4, -0.2) is 8.32 Å². The minimum Gasteiger partial charge on any atom is -0.413 e. The van der Waals surface area contributed by atoms with E-state index < -0.39 is 8.32 Å². The predicted octanol–water partition coefficient (Wildman–Crippen LogP) is 7.03. The van der Waals surface area contributed by atoms with Crippen LogP contribution in [0.3, 0.4) is 0 Å². The average Bonchev–Trinajstić information content (AvgIpc) is 2.52. The van der Waals surface area contributed by atoms with E-state index in [1.54, 1.807) is 0 Å². The monoisotopic (exact) mass is 358 g/mol. The highest BCUT2D eigenvalue weighted by Gasteiger charge is 2.37. The van der Waals surface area contributed by atoms with E-state index in [2.05, 4.69) is 70.3 Å². The van der Waals surface area contributed by atoms with Gasteiger partial charge in [-0.2, -0.15) is 0 Å². The molecule has 0 radical (unpaired) electrons. The van der Waals surface area contributed by atoms with Crippen LogP contribution in [0.1, 0.15) is 37.5 Å². The highest BCUT2D eigenvalue weighted by molar-refractivity contribution is 6.74. The van der Waals surface area contributed by atoms with Gasteiger partial charge in [0.15, 0.2) is 8.32 Å². The predicted molar refractivity (Wildman–Crippen MR) is 109 cm³/mol. The SMILES string of the molecule is CC(C)(C)[Si](C)(C)OCc1ccc(C=Cc2ccccc2)cc1Cl. The molecule has 0 saturated heterocycles. The van der Waals surface area contributed by atoms with Gasteiger partial charge < -0.3 is 4.43 Å². The quantitative estimate of drug-likeness (QED) is 0.411. The van der Waals surface area contributed by atoms with Crippen molar-refractivity contribution >= 4 is 32.1 Å². The molecule has 0 fully saturated rings. The molecule has 0 saturated carbocycles. The van der Waals surface area contributed by atoms with Gasteiger partial charge in [-0.15, -0.1) is 0 Å². The van der Waals surface area contributed by atoms with Crippen molar-refractivity contribution in [1.82, 2.24) is 0 Å². The Balaban J connectivity index is 2.06. The van der Waals surface area contributed by atoms with Crippen LogP contribution < -0.4 is 0 Å². The van der Waals surface area contributed by atoms with Crippen LogP contribution in [0.4, 0.5) is 0 Å². The van der Waals surface area contributed by atoms with Gasteiger partial charge >= 0.3 is 0 Å². The van der Waals surface area contributed by atoms with Crippen LogP contribution in [0, 0.1) is 0 Å². The maximum absolute atomic E-state index is 6.46. The molecule has 0 aliphatic heterocycles. The Morgan fingerprint density at radius 3 is 2.17 bits per heavy atom. The lowest BCUT2D eigenvalue weighted by Crippen LogP contribution is -2.40. The highest BCUT2D eigenvalue weighted by Crippen LogP contribution is 2.37. The van der Waals surface area contributed by atoms with Gasteiger partial charge in [-0.1, -0.05) is 87.0 Å². The summed E-state index contributed by atoms with van der Waals surface area (Å²) in [6.45, 7) is 11.8. The summed E-state index contributed by atoms with van der Waals surface area (Å²) in [6.07, 6.45) is 4.18. The summed E-state index contributed by atoms with van der Waals surface area (Å²) in [6, 6.07) is 16.4. The van der Waals surface area contributed by atoms with Crippen LogP contribution in [-0.2, 0) is 11.0 Å². The Hall–Kier alpha value is -1.35. The minimum atomic E-state index is -1.76. The zero-order chi connectivity index (χ0) is 17.8. The molecule has 0 bridgehead atoms. The molecule has 0 amide bonds. The summed E-state index contributed by atoms with van der Waals surface area (Å²) in [5, 5.41) is 0.974. The molecular weight excluding hydrogens is 332 g/mol. The lowest BCUT2D eigenvalue weighted by atomic mass is 10.1. The van der Waals surface area contributed by atoms with Crippen LogP contribution >= 0.6 is 11.6 Å². The van der Waals surface area contributed by atoms with E-state index in [1.165, 1.54) is 5.56 Å². The Morgan fingerprint density at radius 2 is 1.58 bits per heavy atom. The Morgan fingerprint density at radius 1 is 0.958 bits per heavy atom. The molecule has 0 aromatic heterocycles. The zero-order valence-electron chi connectivity index (χ0n) is 15.3. The van der Waals surface area contributed by atoms with Gasteiger partial charge in [0, 0.05) is 5.02 Å². The van der Waals surface area contributed by atoms with E-state index in [-0.39, 0.29) is 5.04 Å². The highest BCUT2D eigenvalue weighted by atomic mass is 35.5. The number of benzene rings is 2. The summed E-state index contributed by atoms with van der Waals surface area (Å²) < 4.78 is 6.27. The molecule has 0 spiro atoms. The maximum Gasteiger partial charge on any atom is 0.192 e. The Labute approximate surface area is 152 Å². The summed E-state index contributed by atoms with van der Waals surface area (Å²) in [5.41, 5.74) is 3.33. The van der Waals surface area contributed by atoms with Crippen LogP contribution in [0.25, 0.3) is 12.2 Å². The summed E-state index contributed by atoms with van der Waals surface area (Å²) in [4.78, 5) is 0. The second kappa shape index (κ2) is 7.69. The fraction of sp³-hybridized carbons (Fsp3) is 0.333. The maximum atomic E-state index is 6.46. The Bertz CT molecular complexity index is 700. The third kappa shape index (κ3) is 5.07. The molecule has 0 heterocycles. The summed E-state index contributed by atoms with van der Waals surface area (Å²) >= 11 is 6.46. The van der Waals surface area contributed by atoms with Gasteiger partial charge in [0.05, 0.1) is 6.61 Å². The fourth-order valence-corrected chi connectivity index (χ4v) is 3.21. The van der Waals surface area contributed by atoms with Crippen molar-refractivity contribution in [2.75, 3.05) is 0 Å². The number of hydrogen-bond donors (Lipinski definition) is 0. The molecule has 3 heteroatoms. The van der Waals surface area contributed by atoms with E-state index in [0.717, 1.165) is 16.1 Å².